The van der Waals surface area contributed by atoms with Crippen LogP contribution in [0.3, 0.4) is 0 Å². The predicted octanol–water partition coefficient (Wildman–Crippen LogP) is 2.58. The quantitative estimate of drug-likeness (QED) is 0.897. The van der Waals surface area contributed by atoms with Gasteiger partial charge in [0.05, 0.1) is 5.92 Å². The molecule has 1 N–H and O–H groups in total. The van der Waals surface area contributed by atoms with Crippen LogP contribution in [0.5, 0.6) is 0 Å². The molecule has 1 atom stereocenters. The maximum Gasteiger partial charge on any atom is 0.229 e. The molecule has 0 spiro atoms. The molecule has 108 valence electrons. The zero-order chi connectivity index (χ0) is 14.5. The standard InChI is InChI=1S/C16H22N2O2/c1-3-4-8-18-11-13(10-15(18)19)16(20)17-14-7-5-6-12(2)9-14/h5-7,9,13H,3-4,8,10-11H2,1-2H3,(H,17,20). The van der Waals surface area contributed by atoms with Gasteiger partial charge in [-0.25, -0.2) is 0 Å². The summed E-state index contributed by atoms with van der Waals surface area (Å²) in [5, 5.41) is 2.90. The van der Waals surface area contributed by atoms with E-state index in [-0.39, 0.29) is 17.7 Å². The molecule has 0 aromatic heterocycles. The molecule has 1 unspecified atom stereocenters. The Bertz CT molecular complexity index is 499. The number of hydrogen-bond acceptors (Lipinski definition) is 2. The van der Waals surface area contributed by atoms with Crippen molar-refractivity contribution in [2.75, 3.05) is 18.4 Å². The molecule has 2 amide bonds. The van der Waals surface area contributed by atoms with Crippen LogP contribution in [0.25, 0.3) is 0 Å². The Morgan fingerprint density at radius 3 is 2.95 bits per heavy atom. The van der Waals surface area contributed by atoms with Crippen LogP contribution in [0.4, 0.5) is 5.69 Å². The highest BCUT2D eigenvalue weighted by Gasteiger charge is 2.33. The van der Waals surface area contributed by atoms with E-state index in [1.54, 1.807) is 0 Å². The van der Waals surface area contributed by atoms with Crippen molar-refractivity contribution in [3.8, 4) is 0 Å². The summed E-state index contributed by atoms with van der Waals surface area (Å²) in [7, 11) is 0. The number of carbonyl (C=O) groups is 2. The molecule has 1 aromatic carbocycles. The molecule has 1 aromatic rings. The Balaban J connectivity index is 1.92. The topological polar surface area (TPSA) is 49.4 Å². The van der Waals surface area contributed by atoms with Crippen molar-refractivity contribution >= 4 is 17.5 Å². The third-order valence-corrected chi connectivity index (χ3v) is 3.65. The van der Waals surface area contributed by atoms with Crippen LogP contribution < -0.4 is 5.32 Å². The Labute approximate surface area is 120 Å². The number of nitrogens with zero attached hydrogens (tertiary/aromatic N) is 1. The molecule has 0 saturated carbocycles. The fraction of sp³-hybridized carbons (Fsp3) is 0.500. The lowest BCUT2D eigenvalue weighted by Crippen LogP contribution is -2.29. The average Bonchev–Trinajstić information content (AvgIpc) is 2.78. The second kappa shape index (κ2) is 6.55. The van der Waals surface area contributed by atoms with Crippen molar-refractivity contribution in [3.63, 3.8) is 0 Å². The molecule has 0 radical (unpaired) electrons. The monoisotopic (exact) mass is 274 g/mol. The highest BCUT2D eigenvalue weighted by Crippen LogP contribution is 2.20. The van der Waals surface area contributed by atoms with Gasteiger partial charge in [-0.15, -0.1) is 0 Å². The van der Waals surface area contributed by atoms with Crippen LogP contribution in [-0.2, 0) is 9.59 Å². The first-order valence-electron chi connectivity index (χ1n) is 7.25. The zero-order valence-electron chi connectivity index (χ0n) is 12.2. The number of anilines is 1. The van der Waals surface area contributed by atoms with Crippen molar-refractivity contribution in [2.45, 2.75) is 33.1 Å². The Morgan fingerprint density at radius 1 is 1.45 bits per heavy atom. The molecule has 20 heavy (non-hydrogen) atoms. The lowest BCUT2D eigenvalue weighted by atomic mass is 10.1. The molecule has 4 heteroatoms. The van der Waals surface area contributed by atoms with E-state index in [1.165, 1.54) is 0 Å². The van der Waals surface area contributed by atoms with Crippen molar-refractivity contribution in [1.82, 2.24) is 4.90 Å². The molecule has 0 bridgehead atoms. The van der Waals surface area contributed by atoms with E-state index >= 15 is 0 Å². The van der Waals surface area contributed by atoms with Crippen molar-refractivity contribution < 1.29 is 9.59 Å². The Morgan fingerprint density at radius 2 is 2.25 bits per heavy atom. The SMILES string of the molecule is CCCCN1CC(C(=O)Nc2cccc(C)c2)CC1=O. The number of amides is 2. The summed E-state index contributed by atoms with van der Waals surface area (Å²) in [5.74, 6) is -0.175. The van der Waals surface area contributed by atoms with E-state index in [9.17, 15) is 9.59 Å². The molecular formula is C16H22N2O2. The molecule has 1 heterocycles. The van der Waals surface area contributed by atoms with Gasteiger partial charge in [0.15, 0.2) is 0 Å². The fourth-order valence-electron chi connectivity index (χ4n) is 2.48. The minimum Gasteiger partial charge on any atom is -0.342 e. The number of hydrogen-bond donors (Lipinski definition) is 1. The minimum atomic E-state index is -0.222. The van der Waals surface area contributed by atoms with Crippen LogP contribution in [0.1, 0.15) is 31.7 Å². The second-order valence-corrected chi connectivity index (χ2v) is 5.45. The fourth-order valence-corrected chi connectivity index (χ4v) is 2.48. The van der Waals surface area contributed by atoms with E-state index in [1.807, 2.05) is 36.1 Å². The first kappa shape index (κ1) is 14.6. The predicted molar refractivity (Wildman–Crippen MR) is 79.4 cm³/mol. The molecular weight excluding hydrogens is 252 g/mol. The van der Waals surface area contributed by atoms with E-state index in [2.05, 4.69) is 12.2 Å². The minimum absolute atomic E-state index is 0.0528. The molecule has 2 rings (SSSR count). The highest BCUT2D eigenvalue weighted by atomic mass is 16.2. The van der Waals surface area contributed by atoms with Crippen LogP contribution in [0, 0.1) is 12.8 Å². The van der Waals surface area contributed by atoms with E-state index in [0.29, 0.717) is 13.0 Å². The number of benzene rings is 1. The third kappa shape index (κ3) is 3.59. The zero-order valence-corrected chi connectivity index (χ0v) is 12.2. The number of likely N-dealkylation sites (tertiary alicyclic amines) is 1. The molecule has 1 saturated heterocycles. The van der Waals surface area contributed by atoms with Crippen LogP contribution in [0.2, 0.25) is 0 Å². The van der Waals surface area contributed by atoms with Gasteiger partial charge in [-0.2, -0.15) is 0 Å². The van der Waals surface area contributed by atoms with Gasteiger partial charge in [0.25, 0.3) is 0 Å². The summed E-state index contributed by atoms with van der Waals surface area (Å²) >= 11 is 0. The van der Waals surface area contributed by atoms with Crippen LogP contribution >= 0.6 is 0 Å². The summed E-state index contributed by atoms with van der Waals surface area (Å²) < 4.78 is 0. The Kier molecular flexibility index (Phi) is 4.77. The highest BCUT2D eigenvalue weighted by molar-refractivity contribution is 5.97. The largest absolute Gasteiger partial charge is 0.342 e. The van der Waals surface area contributed by atoms with Gasteiger partial charge in [0.1, 0.15) is 0 Å². The average molecular weight is 274 g/mol. The maximum atomic E-state index is 12.2. The number of aryl methyl sites for hydroxylation is 1. The smallest absolute Gasteiger partial charge is 0.229 e. The van der Waals surface area contributed by atoms with E-state index < -0.39 is 0 Å². The Hall–Kier alpha value is -1.84. The lowest BCUT2D eigenvalue weighted by molar-refractivity contribution is -0.128. The third-order valence-electron chi connectivity index (χ3n) is 3.65. The summed E-state index contributed by atoms with van der Waals surface area (Å²) in [5.41, 5.74) is 1.91. The number of carbonyl (C=O) groups excluding carboxylic acids is 2. The first-order chi connectivity index (χ1) is 9.60. The number of rotatable bonds is 5. The van der Waals surface area contributed by atoms with Gasteiger partial charge in [0, 0.05) is 25.2 Å². The van der Waals surface area contributed by atoms with Gasteiger partial charge in [-0.05, 0) is 31.0 Å². The summed E-state index contributed by atoms with van der Waals surface area (Å²) in [6.45, 7) is 5.41. The molecule has 1 fully saturated rings. The normalized spacial score (nSPS) is 18.4. The second-order valence-electron chi connectivity index (χ2n) is 5.45. The lowest BCUT2D eigenvalue weighted by Gasteiger charge is -2.16. The van der Waals surface area contributed by atoms with Crippen molar-refractivity contribution in [3.05, 3.63) is 29.8 Å². The summed E-state index contributed by atoms with van der Waals surface area (Å²) in [4.78, 5) is 25.9. The molecule has 4 nitrogen and oxygen atoms in total. The summed E-state index contributed by atoms with van der Waals surface area (Å²) in [6, 6.07) is 7.71. The van der Waals surface area contributed by atoms with E-state index in [0.717, 1.165) is 30.6 Å². The first-order valence-corrected chi connectivity index (χ1v) is 7.25. The van der Waals surface area contributed by atoms with Crippen molar-refractivity contribution in [1.29, 1.82) is 0 Å². The van der Waals surface area contributed by atoms with Crippen molar-refractivity contribution in [2.24, 2.45) is 5.92 Å². The van der Waals surface area contributed by atoms with Gasteiger partial charge in [-0.1, -0.05) is 25.5 Å². The molecule has 1 aliphatic rings. The van der Waals surface area contributed by atoms with Gasteiger partial charge >= 0.3 is 0 Å². The number of unbranched alkanes of at least 4 members (excludes halogenated alkanes) is 1. The van der Waals surface area contributed by atoms with Gasteiger partial charge < -0.3 is 10.2 Å². The van der Waals surface area contributed by atoms with Gasteiger partial charge in [-0.3, -0.25) is 9.59 Å². The van der Waals surface area contributed by atoms with Gasteiger partial charge in [0.2, 0.25) is 11.8 Å². The molecule has 1 aliphatic heterocycles. The summed E-state index contributed by atoms with van der Waals surface area (Å²) in [6.07, 6.45) is 2.39. The van der Waals surface area contributed by atoms with Crippen LogP contribution in [-0.4, -0.2) is 29.8 Å². The number of nitrogens with one attached hydrogen (secondary N) is 1. The van der Waals surface area contributed by atoms with E-state index in [4.69, 9.17) is 0 Å². The maximum absolute atomic E-state index is 12.2. The molecule has 0 aliphatic carbocycles. The van der Waals surface area contributed by atoms with Crippen LogP contribution in [0.15, 0.2) is 24.3 Å².